The first-order valence-corrected chi connectivity index (χ1v) is 22.5. The number of nitrogens with zero attached hydrogens (tertiary/aromatic N) is 4. The molecule has 1 saturated heterocycles. The van der Waals surface area contributed by atoms with Gasteiger partial charge >= 0.3 is 7.82 Å². The van der Waals surface area contributed by atoms with Crippen LogP contribution in [0.15, 0.2) is 36.7 Å². The van der Waals surface area contributed by atoms with E-state index in [-0.39, 0.29) is 24.6 Å². The Balaban J connectivity index is 1.06. The van der Waals surface area contributed by atoms with Crippen LogP contribution in [0.1, 0.15) is 146 Å². The van der Waals surface area contributed by atoms with Gasteiger partial charge in [-0.05, 0) is 56.2 Å². The first-order chi connectivity index (χ1) is 27.8. The minimum Gasteiger partial charge on any atom is -0.387 e. The number of phosphoric acid groups is 1. The highest BCUT2D eigenvalue weighted by molar-refractivity contribution is 7.47. The normalized spacial score (nSPS) is 24.7. The van der Waals surface area contributed by atoms with E-state index in [0.717, 1.165) is 25.3 Å². The number of nitriles is 1. The second-order valence-corrected chi connectivity index (χ2v) is 17.8. The first-order valence-electron chi connectivity index (χ1n) is 21.0. The van der Waals surface area contributed by atoms with E-state index < -0.39 is 55.4 Å². The maximum Gasteiger partial charge on any atom is 0.472 e. The third-order valence-electron chi connectivity index (χ3n) is 11.5. The quantitative estimate of drug-likeness (QED) is 0.0405. The Morgan fingerprint density at radius 1 is 1.00 bits per heavy atom. The largest absolute Gasteiger partial charge is 0.472 e. The van der Waals surface area contributed by atoms with Gasteiger partial charge in [-0.3, -0.25) is 9.05 Å². The number of aromatic nitrogens is 3. The maximum atomic E-state index is 14.2. The number of hydrogen-bond acceptors (Lipinski definition) is 12. The van der Waals surface area contributed by atoms with Crippen LogP contribution < -0.4 is 5.73 Å². The van der Waals surface area contributed by atoms with Crippen LogP contribution in [0.2, 0.25) is 0 Å². The van der Waals surface area contributed by atoms with Gasteiger partial charge in [-0.2, -0.15) is 10.4 Å². The van der Waals surface area contributed by atoms with Crippen molar-refractivity contribution in [1.82, 2.24) is 14.6 Å². The van der Waals surface area contributed by atoms with Gasteiger partial charge < -0.3 is 35.1 Å². The molecule has 322 valence electrons. The molecular formula is C42H63FN5O9P. The van der Waals surface area contributed by atoms with Crippen molar-refractivity contribution >= 4 is 19.2 Å². The van der Waals surface area contributed by atoms with Crippen molar-refractivity contribution in [3.63, 3.8) is 0 Å². The van der Waals surface area contributed by atoms with Gasteiger partial charge in [0.1, 0.15) is 47.2 Å². The van der Waals surface area contributed by atoms with Crippen LogP contribution in [0.4, 0.5) is 10.2 Å². The summed E-state index contributed by atoms with van der Waals surface area (Å²) < 4.78 is 58.0. The van der Waals surface area contributed by atoms with Gasteiger partial charge in [-0.25, -0.2) is 18.5 Å². The second kappa shape index (κ2) is 21.0. The zero-order valence-electron chi connectivity index (χ0n) is 34.3. The summed E-state index contributed by atoms with van der Waals surface area (Å²) in [6.45, 7) is 5.13. The summed E-state index contributed by atoms with van der Waals surface area (Å²) >= 11 is 0. The molecule has 3 heterocycles. The Morgan fingerprint density at radius 3 is 2.21 bits per heavy atom. The van der Waals surface area contributed by atoms with E-state index in [4.69, 9.17) is 29.0 Å². The highest BCUT2D eigenvalue weighted by Crippen LogP contribution is 2.68. The molecule has 1 aliphatic carbocycles. The minimum absolute atomic E-state index is 0.0277. The van der Waals surface area contributed by atoms with Gasteiger partial charge in [0, 0.05) is 6.61 Å². The van der Waals surface area contributed by atoms with Crippen LogP contribution in [0, 0.1) is 17.1 Å². The minimum atomic E-state index is -4.90. The van der Waals surface area contributed by atoms with Crippen molar-refractivity contribution in [3.05, 3.63) is 59.3 Å². The van der Waals surface area contributed by atoms with Gasteiger partial charge in [0.15, 0.2) is 11.4 Å². The molecule has 1 aromatic carbocycles. The molecule has 2 unspecified atom stereocenters. The Bertz CT molecular complexity index is 1860. The van der Waals surface area contributed by atoms with E-state index in [0.29, 0.717) is 23.4 Å². The number of phosphoric ester groups is 1. The summed E-state index contributed by atoms with van der Waals surface area (Å²) in [5.74, 6) is -0.382. The van der Waals surface area contributed by atoms with Crippen LogP contribution in [0.5, 0.6) is 0 Å². The van der Waals surface area contributed by atoms with E-state index in [1.807, 2.05) is 6.07 Å². The van der Waals surface area contributed by atoms with Gasteiger partial charge in [-0.15, -0.1) is 0 Å². The Kier molecular flexibility index (Phi) is 16.7. The lowest BCUT2D eigenvalue weighted by atomic mass is 10.0. The van der Waals surface area contributed by atoms with Gasteiger partial charge in [0.05, 0.1) is 37.1 Å². The molecule has 16 heteroatoms. The monoisotopic (exact) mass is 831 g/mol. The number of unbranched alkanes of at least 4 members (excludes halogenated alkanes) is 15. The number of ether oxygens (including phenoxy) is 3. The highest BCUT2D eigenvalue weighted by Gasteiger charge is 2.87. The number of anilines is 1. The molecule has 2 aromatic heterocycles. The predicted molar refractivity (Wildman–Crippen MR) is 216 cm³/mol. The van der Waals surface area contributed by atoms with Crippen molar-refractivity contribution in [2.75, 3.05) is 25.6 Å². The number of halogens is 1. The lowest BCUT2D eigenvalue weighted by Gasteiger charge is -2.30. The third-order valence-corrected chi connectivity index (χ3v) is 12.5. The Morgan fingerprint density at radius 2 is 1.62 bits per heavy atom. The van der Waals surface area contributed by atoms with Crippen LogP contribution in [-0.2, 0) is 34.4 Å². The fraction of sp³-hybridized carbons (Fsp3) is 0.690. The predicted octanol–water partition coefficient (Wildman–Crippen LogP) is 8.01. The molecule has 0 radical (unpaired) electrons. The molecular weight excluding hydrogens is 768 g/mol. The third kappa shape index (κ3) is 11.6. The van der Waals surface area contributed by atoms with Crippen LogP contribution in [-0.4, -0.2) is 78.5 Å². The van der Waals surface area contributed by atoms with Crippen molar-refractivity contribution in [2.24, 2.45) is 0 Å². The molecule has 2 aliphatic rings. The summed E-state index contributed by atoms with van der Waals surface area (Å²) in [7, 11) is -4.90. The molecule has 14 nitrogen and oxygen atoms in total. The Hall–Kier alpha value is -3.03. The lowest BCUT2D eigenvalue weighted by Crippen LogP contribution is -2.39. The number of benzene rings is 1. The number of aliphatic hydroxyl groups is 2. The number of aliphatic hydroxyl groups excluding tert-OH is 1. The number of fused-ring (bicyclic) bond motifs is 2. The summed E-state index contributed by atoms with van der Waals surface area (Å²) in [5, 5.41) is 36.2. The van der Waals surface area contributed by atoms with E-state index in [2.05, 4.69) is 17.0 Å². The van der Waals surface area contributed by atoms with Crippen molar-refractivity contribution in [2.45, 2.75) is 165 Å². The first kappa shape index (κ1) is 46.0. The standard InChI is InChI=1S/C42H63FN5O9P/c1-4-5-6-7-8-9-10-11-12-13-14-15-16-17-18-19-22-53-28-40(2,54-27-32-23-31(26-44)24-33(43)25-32)29-55-58(51,52)57-39-41(3)42(39,50)37(49)36(56-41)34-20-21-35-38(45)46-30-47-48(34)35/h20-21,23-25,30,36-37,39,49-50H,4-19,22,27-29H2,1-3H3,(H,51,52)(H2,45,46,47)/t36-,37-,39?,40+,41+,42+/m0/s1. The maximum absolute atomic E-state index is 14.2. The Labute approximate surface area is 341 Å². The van der Waals surface area contributed by atoms with Crippen LogP contribution in [0.3, 0.4) is 0 Å². The zero-order chi connectivity index (χ0) is 41.8. The number of hydrogen-bond donors (Lipinski definition) is 4. The summed E-state index contributed by atoms with van der Waals surface area (Å²) in [4.78, 5) is 14.8. The molecule has 2 fully saturated rings. The molecule has 58 heavy (non-hydrogen) atoms. The molecule has 3 aromatic rings. The van der Waals surface area contributed by atoms with Gasteiger partial charge in [-0.1, -0.05) is 103 Å². The van der Waals surface area contributed by atoms with E-state index in [1.165, 1.54) is 113 Å². The smallest absolute Gasteiger partial charge is 0.387 e. The highest BCUT2D eigenvalue weighted by atomic mass is 31.2. The van der Waals surface area contributed by atoms with Gasteiger partial charge in [0.2, 0.25) is 0 Å². The second-order valence-electron chi connectivity index (χ2n) is 16.4. The number of nitrogen functional groups attached to an aromatic ring is 1. The average molecular weight is 832 g/mol. The van der Waals surface area contributed by atoms with E-state index in [9.17, 15) is 29.3 Å². The van der Waals surface area contributed by atoms with Crippen molar-refractivity contribution in [1.29, 1.82) is 5.26 Å². The molecule has 5 rings (SSSR count). The van der Waals surface area contributed by atoms with E-state index in [1.54, 1.807) is 19.1 Å². The fourth-order valence-electron chi connectivity index (χ4n) is 7.92. The van der Waals surface area contributed by atoms with Gasteiger partial charge in [0.25, 0.3) is 0 Å². The molecule has 0 spiro atoms. The summed E-state index contributed by atoms with van der Waals surface area (Å²) in [5.41, 5.74) is 2.41. The molecule has 0 bridgehead atoms. The van der Waals surface area contributed by atoms with Crippen LogP contribution >= 0.6 is 7.82 Å². The van der Waals surface area contributed by atoms with Crippen molar-refractivity contribution in [3.8, 4) is 6.07 Å². The number of rotatable bonds is 28. The summed E-state index contributed by atoms with van der Waals surface area (Å²) in [6.07, 6.45) is 17.3. The SMILES string of the molecule is CCCCCCCCCCCCCCCCCCOC[C@](C)(COP(=O)(O)OC1[C@@]2(C)O[C@@H](c3ccc4c(N)ncnn34)[C@H](O)[C@@]12O)OCc1cc(F)cc(C#N)c1. The van der Waals surface area contributed by atoms with E-state index >= 15 is 0 Å². The molecule has 1 aliphatic heterocycles. The fourth-order valence-corrected chi connectivity index (χ4v) is 9.04. The van der Waals surface area contributed by atoms with Crippen molar-refractivity contribution < 1.29 is 47.3 Å². The average Bonchev–Trinajstić information content (AvgIpc) is 3.44. The topological polar surface area (TPSA) is 204 Å². The van der Waals surface area contributed by atoms with Crippen LogP contribution in [0.25, 0.3) is 5.52 Å². The summed E-state index contributed by atoms with van der Waals surface area (Å²) in [6, 6.07) is 9.05. The molecule has 7 atom stereocenters. The lowest BCUT2D eigenvalue weighted by molar-refractivity contribution is -0.121. The molecule has 1 saturated carbocycles. The molecule has 5 N–H and O–H groups in total. The zero-order valence-corrected chi connectivity index (χ0v) is 35.2. The number of nitrogens with two attached hydrogens (primary N) is 1. The molecule has 0 amide bonds.